The second kappa shape index (κ2) is 6.60. The molecule has 1 unspecified atom stereocenters. The highest BCUT2D eigenvalue weighted by Crippen LogP contribution is 2.13. The van der Waals surface area contributed by atoms with Gasteiger partial charge in [-0.15, -0.1) is 0 Å². The molecule has 0 aromatic carbocycles. The first kappa shape index (κ1) is 12.1. The Hall–Kier alpha value is -0.900. The fourth-order valence-electron chi connectivity index (χ4n) is 1.15. The molecule has 0 heterocycles. The van der Waals surface area contributed by atoms with E-state index in [2.05, 4.69) is 0 Å². The highest BCUT2D eigenvalue weighted by atomic mass is 16.4. The number of unbranched alkanes of at least 4 members (excludes halogenated alkanes) is 1. The highest BCUT2D eigenvalue weighted by molar-refractivity contribution is 5.71. The van der Waals surface area contributed by atoms with Crippen LogP contribution < -0.4 is 5.73 Å². The van der Waals surface area contributed by atoms with Gasteiger partial charge in [-0.2, -0.15) is 0 Å². The number of carboxylic acids is 1. The quantitative estimate of drug-likeness (QED) is 0.613. The Kier molecular flexibility index (Phi) is 6.14. The van der Waals surface area contributed by atoms with Crippen molar-refractivity contribution in [1.29, 1.82) is 0 Å². The van der Waals surface area contributed by atoms with Gasteiger partial charge in [0.25, 0.3) is 0 Å². The topological polar surface area (TPSA) is 80.4 Å². The minimum absolute atomic E-state index is 0.193. The summed E-state index contributed by atoms with van der Waals surface area (Å²) in [5.41, 5.74) is 5.30. The van der Waals surface area contributed by atoms with Crippen molar-refractivity contribution in [3.05, 3.63) is 0 Å². The molecule has 4 heteroatoms. The molecule has 0 fully saturated rings. The molecule has 0 bridgehead atoms. The van der Waals surface area contributed by atoms with Gasteiger partial charge in [0.15, 0.2) is 0 Å². The number of hydrogen-bond acceptors (Lipinski definition) is 3. The van der Waals surface area contributed by atoms with Crippen LogP contribution in [0.5, 0.6) is 0 Å². The summed E-state index contributed by atoms with van der Waals surface area (Å²) >= 11 is 0. The fraction of sp³-hybridized carbons (Fsp3) is 0.778. The van der Waals surface area contributed by atoms with Crippen LogP contribution in [-0.4, -0.2) is 23.4 Å². The van der Waals surface area contributed by atoms with Crippen LogP contribution in [-0.2, 0) is 9.59 Å². The Morgan fingerprint density at radius 2 is 2.23 bits per heavy atom. The minimum Gasteiger partial charge on any atom is -0.481 e. The number of aliphatic carboxylic acids is 1. The molecule has 0 aromatic heterocycles. The molecule has 3 N–H and O–H groups in total. The summed E-state index contributed by atoms with van der Waals surface area (Å²) in [5.74, 6) is -1.38. The molecular weight excluding hydrogens is 170 g/mol. The van der Waals surface area contributed by atoms with E-state index in [9.17, 15) is 9.59 Å². The standard InChI is InChI=1S/C9H16NO3/c1-2-3-4-7(9(12)13)5-8(10)6-11/h7-8H,2-5,10H2,1H3,(H,12,13)/t7?,8-/m0/s1. The Morgan fingerprint density at radius 3 is 2.62 bits per heavy atom. The van der Waals surface area contributed by atoms with Gasteiger partial charge in [0, 0.05) is 0 Å². The van der Waals surface area contributed by atoms with Crippen molar-refractivity contribution in [3.63, 3.8) is 0 Å². The summed E-state index contributed by atoms with van der Waals surface area (Å²) in [6, 6.07) is -0.766. The van der Waals surface area contributed by atoms with E-state index < -0.39 is 17.9 Å². The van der Waals surface area contributed by atoms with Crippen molar-refractivity contribution in [2.45, 2.75) is 38.6 Å². The lowest BCUT2D eigenvalue weighted by atomic mass is 9.95. The van der Waals surface area contributed by atoms with Crippen LogP contribution in [0.3, 0.4) is 0 Å². The zero-order valence-corrected chi connectivity index (χ0v) is 7.82. The van der Waals surface area contributed by atoms with Gasteiger partial charge in [0.1, 0.15) is 0 Å². The molecule has 75 valence electrons. The van der Waals surface area contributed by atoms with Crippen molar-refractivity contribution in [2.24, 2.45) is 11.7 Å². The van der Waals surface area contributed by atoms with E-state index >= 15 is 0 Å². The third-order valence-electron chi connectivity index (χ3n) is 1.95. The first-order chi connectivity index (χ1) is 6.11. The van der Waals surface area contributed by atoms with Crippen molar-refractivity contribution in [1.82, 2.24) is 0 Å². The Bertz CT molecular complexity index is 170. The average Bonchev–Trinajstić information content (AvgIpc) is 2.11. The number of nitrogens with two attached hydrogens (primary N) is 1. The zero-order chi connectivity index (χ0) is 10.3. The van der Waals surface area contributed by atoms with E-state index in [0.29, 0.717) is 6.42 Å². The molecule has 2 atom stereocenters. The predicted molar refractivity (Wildman–Crippen MR) is 48.9 cm³/mol. The molecule has 0 aliphatic carbocycles. The van der Waals surface area contributed by atoms with Gasteiger partial charge < -0.3 is 10.8 Å². The van der Waals surface area contributed by atoms with Gasteiger partial charge in [-0.1, -0.05) is 19.8 Å². The third-order valence-corrected chi connectivity index (χ3v) is 1.95. The second-order valence-corrected chi connectivity index (χ2v) is 3.14. The van der Waals surface area contributed by atoms with Gasteiger partial charge in [-0.25, -0.2) is 0 Å². The maximum atomic E-state index is 10.7. The van der Waals surface area contributed by atoms with E-state index in [-0.39, 0.29) is 6.42 Å². The molecular formula is C9H16NO3. The first-order valence-electron chi connectivity index (χ1n) is 4.47. The van der Waals surface area contributed by atoms with E-state index in [1.165, 1.54) is 0 Å². The summed E-state index contributed by atoms with van der Waals surface area (Å²) in [4.78, 5) is 20.8. The molecule has 0 amide bonds. The maximum Gasteiger partial charge on any atom is 0.306 e. The van der Waals surface area contributed by atoms with E-state index in [1.54, 1.807) is 6.29 Å². The van der Waals surface area contributed by atoms with Gasteiger partial charge in [-0.05, 0) is 12.8 Å². The minimum atomic E-state index is -0.876. The number of carbonyl (C=O) groups excluding carboxylic acids is 1. The van der Waals surface area contributed by atoms with Crippen LogP contribution in [0.25, 0.3) is 0 Å². The molecule has 0 rings (SSSR count). The summed E-state index contributed by atoms with van der Waals surface area (Å²) in [5, 5.41) is 8.76. The monoisotopic (exact) mass is 186 g/mol. The number of rotatable bonds is 7. The smallest absolute Gasteiger partial charge is 0.306 e. The Morgan fingerprint density at radius 1 is 1.62 bits per heavy atom. The van der Waals surface area contributed by atoms with Crippen LogP contribution in [0.15, 0.2) is 0 Å². The van der Waals surface area contributed by atoms with Crippen LogP contribution in [0, 0.1) is 5.92 Å². The van der Waals surface area contributed by atoms with Gasteiger partial charge in [-0.3, -0.25) is 9.59 Å². The largest absolute Gasteiger partial charge is 0.481 e. The van der Waals surface area contributed by atoms with Crippen LogP contribution in [0.4, 0.5) is 0 Å². The molecule has 0 spiro atoms. The van der Waals surface area contributed by atoms with Gasteiger partial charge in [0.05, 0.1) is 12.0 Å². The molecule has 0 aliphatic heterocycles. The van der Waals surface area contributed by atoms with Crippen molar-refractivity contribution < 1.29 is 14.7 Å². The maximum absolute atomic E-state index is 10.7. The van der Waals surface area contributed by atoms with E-state index in [4.69, 9.17) is 10.8 Å². The molecule has 0 aliphatic rings. The number of carbonyl (C=O) groups is 1. The Balaban J connectivity index is 3.94. The summed E-state index contributed by atoms with van der Waals surface area (Å²) in [7, 11) is 0. The van der Waals surface area contributed by atoms with Crippen molar-refractivity contribution in [3.8, 4) is 0 Å². The summed E-state index contributed by atoms with van der Waals surface area (Å²) in [6.45, 7) is 1.99. The lowest BCUT2D eigenvalue weighted by Gasteiger charge is -2.12. The third kappa shape index (κ3) is 5.36. The molecule has 0 saturated heterocycles. The molecule has 0 aromatic rings. The van der Waals surface area contributed by atoms with Gasteiger partial charge >= 0.3 is 5.97 Å². The summed E-state index contributed by atoms with van der Waals surface area (Å²) < 4.78 is 0. The second-order valence-electron chi connectivity index (χ2n) is 3.14. The molecule has 0 saturated carbocycles. The molecule has 4 nitrogen and oxygen atoms in total. The fourth-order valence-corrected chi connectivity index (χ4v) is 1.15. The van der Waals surface area contributed by atoms with E-state index in [1.807, 2.05) is 6.92 Å². The van der Waals surface area contributed by atoms with E-state index in [0.717, 1.165) is 12.8 Å². The van der Waals surface area contributed by atoms with Crippen molar-refractivity contribution >= 4 is 12.3 Å². The highest BCUT2D eigenvalue weighted by Gasteiger charge is 2.19. The Labute approximate surface area is 78.1 Å². The van der Waals surface area contributed by atoms with Gasteiger partial charge in [0.2, 0.25) is 6.29 Å². The normalized spacial score (nSPS) is 14.9. The average molecular weight is 186 g/mol. The van der Waals surface area contributed by atoms with Crippen LogP contribution >= 0.6 is 0 Å². The van der Waals surface area contributed by atoms with Crippen LogP contribution in [0.2, 0.25) is 0 Å². The zero-order valence-electron chi connectivity index (χ0n) is 7.82. The molecule has 13 heavy (non-hydrogen) atoms. The lowest BCUT2D eigenvalue weighted by molar-refractivity contribution is -0.142. The molecule has 1 radical (unpaired) electrons. The van der Waals surface area contributed by atoms with Crippen LogP contribution in [0.1, 0.15) is 32.6 Å². The number of carboxylic acid groups (broad SMARTS) is 1. The predicted octanol–water partition coefficient (Wildman–Crippen LogP) is 0.705. The summed E-state index contributed by atoms with van der Waals surface area (Å²) in [6.07, 6.45) is 4.17. The SMILES string of the molecule is CCCCC(C[C@H](N)[C]=O)C(=O)O. The number of hydrogen-bond donors (Lipinski definition) is 2. The lowest BCUT2D eigenvalue weighted by Crippen LogP contribution is -2.28. The first-order valence-corrected chi connectivity index (χ1v) is 4.47. The van der Waals surface area contributed by atoms with Crippen molar-refractivity contribution in [2.75, 3.05) is 0 Å².